The lowest BCUT2D eigenvalue weighted by Gasteiger charge is -2.19. The Morgan fingerprint density at radius 3 is 2.67 bits per heavy atom. The summed E-state index contributed by atoms with van der Waals surface area (Å²) in [4.78, 5) is 0. The molecule has 0 spiro atoms. The Kier molecular flexibility index (Phi) is 3.21. The molecule has 0 amide bonds. The number of nitrogens with zero attached hydrogens (tertiary/aromatic N) is 1. The fraction of sp³-hybridized carbons (Fsp3) is 0.417. The van der Waals surface area contributed by atoms with Gasteiger partial charge in [-0.25, -0.2) is 0 Å². The molecule has 0 atom stereocenters. The van der Waals surface area contributed by atoms with Crippen LogP contribution in [0.4, 0.5) is 5.69 Å². The molecule has 1 aromatic carbocycles. The van der Waals surface area contributed by atoms with E-state index in [4.69, 9.17) is 5.26 Å². The summed E-state index contributed by atoms with van der Waals surface area (Å²) in [6.45, 7) is 5.60. The highest BCUT2D eigenvalue weighted by Gasteiger charge is 2.15. The average molecular weight is 204 g/mol. The molecule has 0 fully saturated rings. The van der Waals surface area contributed by atoms with E-state index >= 15 is 0 Å². The normalized spacial score (nSPS) is 10.8. The number of hydrogen-bond donors (Lipinski definition) is 2. The van der Waals surface area contributed by atoms with Crippen LogP contribution in [-0.4, -0.2) is 10.6 Å². The molecule has 3 nitrogen and oxygen atoms in total. The summed E-state index contributed by atoms with van der Waals surface area (Å²) in [5.74, 6) is 0.304. The molecule has 2 N–H and O–H groups in total. The zero-order valence-electron chi connectivity index (χ0n) is 9.33. The van der Waals surface area contributed by atoms with Gasteiger partial charge in [-0.15, -0.1) is 0 Å². The van der Waals surface area contributed by atoms with Gasteiger partial charge in [0.15, 0.2) is 0 Å². The quantitative estimate of drug-likeness (QED) is 0.744. The third kappa shape index (κ3) is 2.88. The highest BCUT2D eigenvalue weighted by Crippen LogP contribution is 2.23. The number of benzene rings is 1. The van der Waals surface area contributed by atoms with Gasteiger partial charge in [-0.2, -0.15) is 5.26 Å². The van der Waals surface area contributed by atoms with Crippen molar-refractivity contribution in [3.8, 4) is 11.8 Å². The van der Waals surface area contributed by atoms with Crippen LogP contribution >= 0.6 is 0 Å². The van der Waals surface area contributed by atoms with Crippen molar-refractivity contribution in [1.82, 2.24) is 0 Å². The third-order valence-corrected chi connectivity index (χ3v) is 2.20. The van der Waals surface area contributed by atoms with Crippen molar-refractivity contribution in [3.05, 3.63) is 23.8 Å². The van der Waals surface area contributed by atoms with E-state index in [1.54, 1.807) is 12.1 Å². The van der Waals surface area contributed by atoms with Crippen molar-refractivity contribution in [1.29, 1.82) is 5.26 Å². The maximum atomic E-state index is 9.50. The summed E-state index contributed by atoms with van der Waals surface area (Å²) < 4.78 is 0. The smallest absolute Gasteiger partial charge is 0.119 e. The molecule has 0 aromatic heterocycles. The first kappa shape index (κ1) is 11.4. The van der Waals surface area contributed by atoms with Crippen LogP contribution in [0.3, 0.4) is 0 Å². The van der Waals surface area contributed by atoms with Crippen molar-refractivity contribution in [2.24, 2.45) is 0 Å². The first-order chi connectivity index (χ1) is 6.98. The van der Waals surface area contributed by atoms with Gasteiger partial charge in [-0.1, -0.05) is 6.92 Å². The summed E-state index contributed by atoms with van der Waals surface area (Å²) in [5.41, 5.74) is 1.15. The van der Waals surface area contributed by atoms with Crippen LogP contribution in [0.25, 0.3) is 0 Å². The molecule has 0 heterocycles. The van der Waals surface area contributed by atoms with Crippen LogP contribution in [0.1, 0.15) is 26.3 Å². The predicted molar refractivity (Wildman–Crippen MR) is 60.8 cm³/mol. The highest BCUT2D eigenvalue weighted by atomic mass is 16.3. The van der Waals surface area contributed by atoms with E-state index in [9.17, 15) is 5.11 Å². The summed E-state index contributed by atoms with van der Waals surface area (Å²) in [6, 6.07) is 7.46. The molecule has 80 valence electrons. The highest BCUT2D eigenvalue weighted by molar-refractivity contribution is 5.53. The zero-order chi connectivity index (χ0) is 11.5. The number of nitriles is 1. The lowest BCUT2D eigenvalue weighted by Crippen LogP contribution is -2.28. The zero-order valence-corrected chi connectivity index (χ0v) is 9.33. The number of anilines is 1. The number of aromatic hydroxyl groups is 1. The van der Waals surface area contributed by atoms with Crippen LogP contribution in [0.15, 0.2) is 18.2 Å². The summed E-state index contributed by atoms with van der Waals surface area (Å²) in [6.07, 6.45) is 0.772. The molecule has 3 heteroatoms. The van der Waals surface area contributed by atoms with Crippen LogP contribution in [0.2, 0.25) is 0 Å². The number of phenolic OH excluding ortho intramolecular Hbond substituents is 1. The number of nitrogens with one attached hydrogen (secondary N) is 1. The molecule has 0 aliphatic heterocycles. The average Bonchev–Trinajstić information content (AvgIpc) is 2.20. The van der Waals surface area contributed by atoms with E-state index in [0.717, 1.165) is 17.7 Å². The SMILES string of the molecule is CCc1cc(NC(C)(C)C#N)ccc1O. The Hall–Kier alpha value is -1.69. The second-order valence-corrected chi connectivity index (χ2v) is 4.06. The van der Waals surface area contributed by atoms with Gasteiger partial charge in [0.1, 0.15) is 11.3 Å². The molecule has 0 aliphatic rings. The first-order valence-corrected chi connectivity index (χ1v) is 5.00. The van der Waals surface area contributed by atoms with Gasteiger partial charge >= 0.3 is 0 Å². The largest absolute Gasteiger partial charge is 0.508 e. The topological polar surface area (TPSA) is 56.0 Å². The van der Waals surface area contributed by atoms with E-state index in [1.165, 1.54) is 0 Å². The molecule has 1 aromatic rings. The van der Waals surface area contributed by atoms with Crippen molar-refractivity contribution in [2.45, 2.75) is 32.7 Å². The van der Waals surface area contributed by atoms with E-state index in [-0.39, 0.29) is 0 Å². The summed E-state index contributed by atoms with van der Waals surface area (Å²) in [5, 5.41) is 21.5. The fourth-order valence-corrected chi connectivity index (χ4v) is 1.34. The van der Waals surface area contributed by atoms with Gasteiger partial charge in [0, 0.05) is 5.69 Å². The van der Waals surface area contributed by atoms with Crippen molar-refractivity contribution < 1.29 is 5.11 Å². The Bertz CT molecular complexity index is 391. The predicted octanol–water partition coefficient (Wildman–Crippen LogP) is 2.67. The Morgan fingerprint density at radius 1 is 1.47 bits per heavy atom. The van der Waals surface area contributed by atoms with Gasteiger partial charge < -0.3 is 10.4 Å². The summed E-state index contributed by atoms with van der Waals surface area (Å²) in [7, 11) is 0. The minimum Gasteiger partial charge on any atom is -0.508 e. The Labute approximate surface area is 90.4 Å². The molecule has 0 bridgehead atoms. The van der Waals surface area contributed by atoms with Gasteiger partial charge in [-0.05, 0) is 44.0 Å². The maximum Gasteiger partial charge on any atom is 0.119 e. The second kappa shape index (κ2) is 4.22. The second-order valence-electron chi connectivity index (χ2n) is 4.06. The van der Waals surface area contributed by atoms with E-state index in [1.807, 2.05) is 26.8 Å². The summed E-state index contributed by atoms with van der Waals surface area (Å²) >= 11 is 0. The van der Waals surface area contributed by atoms with E-state index < -0.39 is 5.54 Å². The third-order valence-electron chi connectivity index (χ3n) is 2.20. The molecule has 1 rings (SSSR count). The van der Waals surface area contributed by atoms with Gasteiger partial charge in [0.2, 0.25) is 0 Å². The number of phenols is 1. The van der Waals surface area contributed by atoms with E-state index in [2.05, 4.69) is 11.4 Å². The van der Waals surface area contributed by atoms with Crippen molar-refractivity contribution in [3.63, 3.8) is 0 Å². The minimum atomic E-state index is -0.595. The van der Waals surface area contributed by atoms with Gasteiger partial charge in [-0.3, -0.25) is 0 Å². The van der Waals surface area contributed by atoms with Crippen molar-refractivity contribution in [2.75, 3.05) is 5.32 Å². The van der Waals surface area contributed by atoms with Crippen LogP contribution in [-0.2, 0) is 6.42 Å². The van der Waals surface area contributed by atoms with Gasteiger partial charge in [0.25, 0.3) is 0 Å². The van der Waals surface area contributed by atoms with Crippen LogP contribution in [0, 0.1) is 11.3 Å². The molecule has 0 aliphatic carbocycles. The molecule has 0 unspecified atom stereocenters. The monoisotopic (exact) mass is 204 g/mol. The maximum absolute atomic E-state index is 9.50. The van der Waals surface area contributed by atoms with Crippen molar-refractivity contribution >= 4 is 5.69 Å². The Morgan fingerprint density at radius 2 is 2.13 bits per heavy atom. The number of aryl methyl sites for hydroxylation is 1. The standard InChI is InChI=1S/C12H16N2O/c1-4-9-7-10(5-6-11(9)15)14-12(2,3)8-13/h5-7,14-15H,4H2,1-3H3. The van der Waals surface area contributed by atoms with Crippen LogP contribution in [0.5, 0.6) is 5.75 Å². The molecule has 15 heavy (non-hydrogen) atoms. The number of rotatable bonds is 3. The van der Waals surface area contributed by atoms with Crippen LogP contribution < -0.4 is 5.32 Å². The fourth-order valence-electron chi connectivity index (χ4n) is 1.34. The molecular formula is C12H16N2O. The molecule has 0 saturated carbocycles. The minimum absolute atomic E-state index is 0.304. The van der Waals surface area contributed by atoms with Gasteiger partial charge in [0.05, 0.1) is 6.07 Å². The molecule has 0 saturated heterocycles. The molecular weight excluding hydrogens is 188 g/mol. The number of hydrogen-bond acceptors (Lipinski definition) is 3. The lowest BCUT2D eigenvalue weighted by atomic mass is 10.1. The molecule has 0 radical (unpaired) electrons. The Balaban J connectivity index is 2.94. The first-order valence-electron chi connectivity index (χ1n) is 5.00. The van der Waals surface area contributed by atoms with E-state index in [0.29, 0.717) is 5.75 Å². The lowest BCUT2D eigenvalue weighted by molar-refractivity contribution is 0.469.